The smallest absolute Gasteiger partial charge is 0.242 e. The van der Waals surface area contributed by atoms with Crippen molar-refractivity contribution in [3.8, 4) is 23.0 Å². The normalized spacial score (nSPS) is 11.6. The van der Waals surface area contributed by atoms with Crippen LogP contribution in [0, 0.1) is 0 Å². The van der Waals surface area contributed by atoms with Crippen molar-refractivity contribution in [1.82, 2.24) is 24.5 Å². The Balaban J connectivity index is 1.47. The SMILES string of the molecule is COc1ccccc1-c1nnc2ccc(OCCNS(=O)(=O)c3cc(Cl)ccc3Cl)nn12. The standard InChI is InChI=1S/C20H17Cl2N5O4S/c1-30-16-5-3-2-4-14(16)20-25-24-18-8-9-19(26-27(18)20)31-11-10-23-32(28,29)17-12-13(21)6-7-15(17)22/h2-9,12,23H,10-11H2,1H3. The van der Waals surface area contributed by atoms with Gasteiger partial charge in [-0.15, -0.1) is 15.3 Å². The van der Waals surface area contributed by atoms with Gasteiger partial charge in [-0.25, -0.2) is 13.1 Å². The second-order valence-corrected chi connectivity index (χ2v) is 9.07. The van der Waals surface area contributed by atoms with Crippen LogP contribution in [-0.4, -0.2) is 48.5 Å². The number of hydrogen-bond donors (Lipinski definition) is 1. The third-order valence-corrected chi connectivity index (χ3v) is 6.59. The number of methoxy groups -OCH3 is 1. The molecule has 4 rings (SSSR count). The topological polar surface area (TPSA) is 108 Å². The molecule has 0 bridgehead atoms. The van der Waals surface area contributed by atoms with Crippen LogP contribution in [0.1, 0.15) is 0 Å². The van der Waals surface area contributed by atoms with Gasteiger partial charge in [0, 0.05) is 17.6 Å². The van der Waals surface area contributed by atoms with E-state index in [1.165, 1.54) is 22.7 Å². The summed E-state index contributed by atoms with van der Waals surface area (Å²) in [6.45, 7) is 0.0223. The van der Waals surface area contributed by atoms with Crippen LogP contribution < -0.4 is 14.2 Å². The highest BCUT2D eigenvalue weighted by Crippen LogP contribution is 2.28. The van der Waals surface area contributed by atoms with Gasteiger partial charge in [0.2, 0.25) is 15.9 Å². The zero-order valence-corrected chi connectivity index (χ0v) is 19.0. The Morgan fingerprint density at radius 1 is 1.06 bits per heavy atom. The number of aromatic nitrogens is 4. The Morgan fingerprint density at radius 2 is 1.88 bits per heavy atom. The summed E-state index contributed by atoms with van der Waals surface area (Å²) in [6, 6.07) is 14.9. The number of fused-ring (bicyclic) bond motifs is 1. The maximum absolute atomic E-state index is 12.5. The van der Waals surface area contributed by atoms with Crippen molar-refractivity contribution in [3.63, 3.8) is 0 Å². The molecule has 0 saturated heterocycles. The molecule has 0 saturated carbocycles. The Labute approximate surface area is 193 Å². The van der Waals surface area contributed by atoms with E-state index >= 15 is 0 Å². The Bertz CT molecular complexity index is 1380. The summed E-state index contributed by atoms with van der Waals surface area (Å²) in [5.41, 5.74) is 1.24. The third kappa shape index (κ3) is 4.63. The lowest BCUT2D eigenvalue weighted by molar-refractivity contribution is 0.306. The van der Waals surface area contributed by atoms with Crippen LogP contribution in [0.3, 0.4) is 0 Å². The fraction of sp³-hybridized carbons (Fsp3) is 0.150. The van der Waals surface area contributed by atoms with Gasteiger partial charge >= 0.3 is 0 Å². The lowest BCUT2D eigenvalue weighted by Gasteiger charge is -2.10. The van der Waals surface area contributed by atoms with E-state index in [-0.39, 0.29) is 34.0 Å². The molecule has 0 amide bonds. The number of para-hydroxylation sites is 1. The molecule has 12 heteroatoms. The molecule has 0 aliphatic carbocycles. The van der Waals surface area contributed by atoms with Crippen molar-refractivity contribution in [2.45, 2.75) is 4.90 Å². The monoisotopic (exact) mass is 493 g/mol. The fourth-order valence-corrected chi connectivity index (χ4v) is 4.71. The molecule has 2 aromatic carbocycles. The highest BCUT2D eigenvalue weighted by Gasteiger charge is 2.18. The molecular weight excluding hydrogens is 477 g/mol. The molecule has 1 N–H and O–H groups in total. The van der Waals surface area contributed by atoms with Gasteiger partial charge in [-0.3, -0.25) is 0 Å². The molecule has 166 valence electrons. The molecular formula is C20H17Cl2N5O4S. The molecule has 2 aromatic heterocycles. The van der Waals surface area contributed by atoms with Crippen molar-refractivity contribution in [3.05, 3.63) is 64.6 Å². The summed E-state index contributed by atoms with van der Waals surface area (Å²) in [4.78, 5) is -0.0999. The molecule has 0 atom stereocenters. The summed E-state index contributed by atoms with van der Waals surface area (Å²) in [6.07, 6.45) is 0. The minimum Gasteiger partial charge on any atom is -0.496 e. The quantitative estimate of drug-likeness (QED) is 0.374. The number of benzene rings is 2. The summed E-state index contributed by atoms with van der Waals surface area (Å²) in [5, 5.41) is 13.1. The highest BCUT2D eigenvalue weighted by molar-refractivity contribution is 7.89. The van der Waals surface area contributed by atoms with Crippen LogP contribution in [0.25, 0.3) is 17.0 Å². The van der Waals surface area contributed by atoms with Gasteiger partial charge in [-0.1, -0.05) is 35.3 Å². The Hall–Kier alpha value is -2.92. The number of nitrogens with one attached hydrogen (secondary N) is 1. The van der Waals surface area contributed by atoms with Crippen LogP contribution in [0.4, 0.5) is 0 Å². The van der Waals surface area contributed by atoms with Gasteiger partial charge in [0.05, 0.1) is 17.7 Å². The van der Waals surface area contributed by atoms with E-state index in [1.54, 1.807) is 19.2 Å². The Kier molecular flexibility index (Phi) is 6.47. The van der Waals surface area contributed by atoms with Crippen LogP contribution in [-0.2, 0) is 10.0 Å². The molecule has 4 aromatic rings. The van der Waals surface area contributed by atoms with Crippen LogP contribution in [0.15, 0.2) is 59.5 Å². The van der Waals surface area contributed by atoms with E-state index < -0.39 is 10.0 Å². The molecule has 0 spiro atoms. The second kappa shape index (κ2) is 9.29. The molecule has 9 nitrogen and oxygen atoms in total. The van der Waals surface area contributed by atoms with Gasteiger partial charge < -0.3 is 9.47 Å². The van der Waals surface area contributed by atoms with Crippen molar-refractivity contribution in [1.29, 1.82) is 0 Å². The lowest BCUT2D eigenvalue weighted by atomic mass is 10.2. The average Bonchev–Trinajstić information content (AvgIpc) is 3.21. The first-order chi connectivity index (χ1) is 15.4. The third-order valence-electron chi connectivity index (χ3n) is 4.41. The summed E-state index contributed by atoms with van der Waals surface area (Å²) >= 11 is 11.9. The second-order valence-electron chi connectivity index (χ2n) is 6.49. The maximum atomic E-state index is 12.5. The molecule has 0 unspecified atom stereocenters. The van der Waals surface area contributed by atoms with Gasteiger partial charge in [0.15, 0.2) is 11.5 Å². The number of ether oxygens (including phenoxy) is 2. The van der Waals surface area contributed by atoms with E-state index in [0.29, 0.717) is 17.2 Å². The molecule has 2 heterocycles. The molecule has 32 heavy (non-hydrogen) atoms. The van der Waals surface area contributed by atoms with E-state index in [0.717, 1.165) is 5.56 Å². The molecule has 0 aliphatic rings. The zero-order chi connectivity index (χ0) is 22.7. The number of halogens is 2. The van der Waals surface area contributed by atoms with E-state index in [4.69, 9.17) is 32.7 Å². The first kappa shape index (κ1) is 22.3. The van der Waals surface area contributed by atoms with E-state index in [9.17, 15) is 8.42 Å². The lowest BCUT2D eigenvalue weighted by Crippen LogP contribution is -2.28. The number of rotatable bonds is 8. The predicted octanol–water partition coefficient (Wildman–Crippen LogP) is 3.46. The minimum absolute atomic E-state index is 0.00750. The summed E-state index contributed by atoms with van der Waals surface area (Å²) in [5.74, 6) is 1.39. The van der Waals surface area contributed by atoms with Gasteiger partial charge in [0.1, 0.15) is 17.3 Å². The van der Waals surface area contributed by atoms with Crippen molar-refractivity contribution >= 4 is 38.9 Å². The average molecular weight is 494 g/mol. The number of nitrogens with zero attached hydrogens (tertiary/aromatic N) is 4. The van der Waals surface area contributed by atoms with Crippen molar-refractivity contribution < 1.29 is 17.9 Å². The first-order valence-electron chi connectivity index (χ1n) is 9.32. The van der Waals surface area contributed by atoms with Crippen LogP contribution in [0.5, 0.6) is 11.6 Å². The van der Waals surface area contributed by atoms with E-state index in [1.807, 2.05) is 24.3 Å². The van der Waals surface area contributed by atoms with Crippen LogP contribution >= 0.6 is 23.2 Å². The predicted molar refractivity (Wildman–Crippen MR) is 120 cm³/mol. The van der Waals surface area contributed by atoms with Gasteiger partial charge in [-0.2, -0.15) is 4.52 Å². The van der Waals surface area contributed by atoms with Crippen LogP contribution in [0.2, 0.25) is 10.0 Å². The molecule has 0 fully saturated rings. The summed E-state index contributed by atoms with van der Waals surface area (Å²) in [7, 11) is -2.28. The minimum atomic E-state index is -3.85. The first-order valence-corrected chi connectivity index (χ1v) is 11.6. The van der Waals surface area contributed by atoms with Gasteiger partial charge in [-0.05, 0) is 36.4 Å². The highest BCUT2D eigenvalue weighted by atomic mass is 35.5. The van der Waals surface area contributed by atoms with E-state index in [2.05, 4.69) is 20.0 Å². The van der Waals surface area contributed by atoms with Crippen molar-refractivity contribution in [2.75, 3.05) is 20.3 Å². The van der Waals surface area contributed by atoms with Crippen molar-refractivity contribution in [2.24, 2.45) is 0 Å². The zero-order valence-electron chi connectivity index (χ0n) is 16.7. The van der Waals surface area contributed by atoms with Gasteiger partial charge in [0.25, 0.3) is 0 Å². The fourth-order valence-electron chi connectivity index (χ4n) is 2.94. The number of sulfonamides is 1. The molecule has 0 radical (unpaired) electrons. The molecule has 0 aliphatic heterocycles. The Morgan fingerprint density at radius 3 is 2.69 bits per heavy atom. The maximum Gasteiger partial charge on any atom is 0.242 e. The summed E-state index contributed by atoms with van der Waals surface area (Å²) < 4.78 is 39.9. The number of hydrogen-bond acceptors (Lipinski definition) is 7. The largest absolute Gasteiger partial charge is 0.496 e.